The van der Waals surface area contributed by atoms with Crippen LogP contribution >= 0.6 is 0 Å². The molecule has 0 aromatic rings. The van der Waals surface area contributed by atoms with Crippen LogP contribution in [0.5, 0.6) is 0 Å². The molecule has 0 aromatic carbocycles. The highest BCUT2D eigenvalue weighted by molar-refractivity contribution is 5.91. The summed E-state index contributed by atoms with van der Waals surface area (Å²) < 4.78 is 11.2. The summed E-state index contributed by atoms with van der Waals surface area (Å²) in [5, 5.41) is 0. The molecule has 4 fully saturated rings. The first-order valence-corrected chi connectivity index (χ1v) is 4.55. The summed E-state index contributed by atoms with van der Waals surface area (Å²) >= 11 is 0. The van der Waals surface area contributed by atoms with E-state index in [1.807, 2.05) is 6.92 Å². The molecule has 4 saturated heterocycles. The van der Waals surface area contributed by atoms with Gasteiger partial charge in [0.05, 0.1) is 12.2 Å². The lowest BCUT2D eigenvalue weighted by molar-refractivity contribution is -0.151. The Morgan fingerprint density at radius 2 is 1.67 bits per heavy atom. The number of hydrogen-bond acceptors (Lipinski definition) is 3. The molecule has 66 valence electrons. The summed E-state index contributed by atoms with van der Waals surface area (Å²) in [4.78, 5) is 11.5. The zero-order chi connectivity index (χ0) is 8.46. The average molecular weight is 168 g/mol. The highest BCUT2D eigenvalue weighted by Gasteiger charge is 2.63. The molecule has 4 aliphatic rings. The minimum absolute atomic E-state index is 0.0590. The number of hydrogen-bond donors (Lipinski definition) is 0. The molecule has 0 radical (unpaired) electrons. The number of carbonyl (C=O) groups is 1. The Hall–Kier alpha value is -0.410. The zero-order valence-corrected chi connectivity index (χ0v) is 7.19. The summed E-state index contributed by atoms with van der Waals surface area (Å²) in [6.07, 6.45) is -0.0682. The van der Waals surface area contributed by atoms with Crippen molar-refractivity contribution in [2.45, 2.75) is 38.3 Å². The van der Waals surface area contributed by atoms with E-state index in [9.17, 15) is 4.79 Å². The van der Waals surface area contributed by atoms with Gasteiger partial charge in [0, 0.05) is 11.8 Å². The second kappa shape index (κ2) is 1.91. The molecule has 3 heteroatoms. The third-order valence-corrected chi connectivity index (χ3v) is 3.50. The molecule has 4 aliphatic heterocycles. The fourth-order valence-electron chi connectivity index (χ4n) is 2.81. The molecule has 4 bridgehead atoms. The van der Waals surface area contributed by atoms with Crippen molar-refractivity contribution in [2.75, 3.05) is 0 Å². The molecule has 0 unspecified atom stereocenters. The van der Waals surface area contributed by atoms with Gasteiger partial charge in [-0.15, -0.1) is 0 Å². The minimum atomic E-state index is -0.230. The predicted molar refractivity (Wildman–Crippen MR) is 40.7 cm³/mol. The van der Waals surface area contributed by atoms with Crippen molar-refractivity contribution in [3.05, 3.63) is 0 Å². The Balaban J connectivity index is 2.06. The van der Waals surface area contributed by atoms with Gasteiger partial charge in [0.1, 0.15) is 12.2 Å². The molecule has 0 amide bonds. The highest BCUT2D eigenvalue weighted by atomic mass is 16.6. The summed E-state index contributed by atoms with van der Waals surface area (Å²) in [6, 6.07) is 0. The summed E-state index contributed by atoms with van der Waals surface area (Å²) in [5.74, 6) is 0.822. The number of rotatable bonds is 0. The van der Waals surface area contributed by atoms with E-state index in [4.69, 9.17) is 9.47 Å². The van der Waals surface area contributed by atoms with E-state index in [2.05, 4.69) is 6.92 Å². The molecule has 6 atom stereocenters. The molecule has 0 spiro atoms. The topological polar surface area (TPSA) is 35.5 Å². The first kappa shape index (κ1) is 7.04. The first-order chi connectivity index (χ1) is 5.70. The molecule has 12 heavy (non-hydrogen) atoms. The van der Waals surface area contributed by atoms with Crippen LogP contribution in [0.15, 0.2) is 0 Å². The van der Waals surface area contributed by atoms with E-state index >= 15 is 0 Å². The lowest BCUT2D eigenvalue weighted by Crippen LogP contribution is -2.45. The van der Waals surface area contributed by atoms with E-state index in [1.165, 1.54) is 0 Å². The summed E-state index contributed by atoms with van der Waals surface area (Å²) in [5.41, 5.74) is 0. The van der Waals surface area contributed by atoms with Crippen molar-refractivity contribution in [3.63, 3.8) is 0 Å². The minimum Gasteiger partial charge on any atom is -0.364 e. The van der Waals surface area contributed by atoms with E-state index in [0.29, 0.717) is 5.92 Å². The SMILES string of the molecule is C[C@@H]1[C@@H]2O[C@H]3C(=O)[C@H](O[C@@H]13)[C@H]2C. The van der Waals surface area contributed by atoms with E-state index in [1.54, 1.807) is 0 Å². The van der Waals surface area contributed by atoms with Gasteiger partial charge in [-0.3, -0.25) is 4.79 Å². The standard InChI is InChI=1S/C9H12O3/c1-3-6-4(2)8-9(11-6)5(10)7(3)12-8/h3-4,6-9H,1-2H3/t3-,4+,6+,7+,8-,9-/m0/s1. The summed E-state index contributed by atoms with van der Waals surface area (Å²) in [6.45, 7) is 4.15. The van der Waals surface area contributed by atoms with Crippen LogP contribution in [0, 0.1) is 11.8 Å². The quantitative estimate of drug-likeness (QED) is 0.524. The van der Waals surface area contributed by atoms with Crippen LogP contribution < -0.4 is 0 Å². The van der Waals surface area contributed by atoms with Crippen LogP contribution in [0.2, 0.25) is 0 Å². The molecule has 4 heterocycles. The van der Waals surface area contributed by atoms with E-state index < -0.39 is 0 Å². The average Bonchev–Trinajstić information content (AvgIpc) is 2.43. The Bertz CT molecular complexity index is 244. The van der Waals surface area contributed by atoms with Crippen molar-refractivity contribution in [3.8, 4) is 0 Å². The fourth-order valence-corrected chi connectivity index (χ4v) is 2.81. The summed E-state index contributed by atoms with van der Waals surface area (Å²) in [7, 11) is 0. The van der Waals surface area contributed by atoms with Crippen molar-refractivity contribution >= 4 is 5.78 Å². The molecule has 0 aromatic heterocycles. The first-order valence-electron chi connectivity index (χ1n) is 4.55. The lowest BCUT2D eigenvalue weighted by Gasteiger charge is -2.34. The molecule has 4 rings (SSSR count). The largest absolute Gasteiger partial charge is 0.364 e. The van der Waals surface area contributed by atoms with Gasteiger partial charge in [-0.2, -0.15) is 0 Å². The van der Waals surface area contributed by atoms with Crippen LogP contribution in [0.25, 0.3) is 0 Å². The van der Waals surface area contributed by atoms with Gasteiger partial charge in [0.15, 0.2) is 5.78 Å². The van der Waals surface area contributed by atoms with Crippen LogP contribution in [0.4, 0.5) is 0 Å². The highest BCUT2D eigenvalue weighted by Crippen LogP contribution is 2.47. The van der Waals surface area contributed by atoms with Gasteiger partial charge >= 0.3 is 0 Å². The van der Waals surface area contributed by atoms with Crippen molar-refractivity contribution in [1.82, 2.24) is 0 Å². The van der Waals surface area contributed by atoms with E-state index in [0.717, 1.165) is 0 Å². The third-order valence-electron chi connectivity index (χ3n) is 3.50. The maximum atomic E-state index is 11.5. The van der Waals surface area contributed by atoms with Gasteiger partial charge in [-0.25, -0.2) is 0 Å². The van der Waals surface area contributed by atoms with Gasteiger partial charge in [0.2, 0.25) is 0 Å². The van der Waals surface area contributed by atoms with Crippen molar-refractivity contribution in [2.24, 2.45) is 11.8 Å². The number of ether oxygens (including phenoxy) is 2. The van der Waals surface area contributed by atoms with Gasteiger partial charge in [0.25, 0.3) is 0 Å². The maximum absolute atomic E-state index is 11.5. The van der Waals surface area contributed by atoms with Crippen LogP contribution in [0.1, 0.15) is 13.8 Å². The molecular formula is C9H12O3. The molecule has 3 nitrogen and oxygen atoms in total. The van der Waals surface area contributed by atoms with E-state index in [-0.39, 0.29) is 36.1 Å². The van der Waals surface area contributed by atoms with Gasteiger partial charge < -0.3 is 9.47 Å². The Morgan fingerprint density at radius 1 is 1.00 bits per heavy atom. The van der Waals surface area contributed by atoms with Crippen LogP contribution in [0.3, 0.4) is 0 Å². The van der Waals surface area contributed by atoms with Gasteiger partial charge in [-0.05, 0) is 0 Å². The number of carbonyl (C=O) groups excluding carboxylic acids is 1. The lowest BCUT2D eigenvalue weighted by atomic mass is 9.87. The number of ketones is 1. The molecule has 0 N–H and O–H groups in total. The zero-order valence-electron chi connectivity index (χ0n) is 7.19. The third kappa shape index (κ3) is 0.559. The maximum Gasteiger partial charge on any atom is 0.193 e. The molecule has 0 aliphatic carbocycles. The van der Waals surface area contributed by atoms with Crippen LogP contribution in [-0.2, 0) is 14.3 Å². The Morgan fingerprint density at radius 3 is 2.33 bits per heavy atom. The van der Waals surface area contributed by atoms with Crippen LogP contribution in [-0.4, -0.2) is 30.2 Å². The molecular weight excluding hydrogens is 156 g/mol. The smallest absolute Gasteiger partial charge is 0.193 e. The van der Waals surface area contributed by atoms with Gasteiger partial charge in [-0.1, -0.05) is 13.8 Å². The Kier molecular flexibility index (Phi) is 1.12. The number of Topliss-reactive ketones (excluding diaryl/α,β-unsaturated/α-hetero) is 1. The Labute approximate surface area is 71.0 Å². The predicted octanol–water partition coefficient (Wildman–Crippen LogP) is 0.376. The fraction of sp³-hybridized carbons (Fsp3) is 0.889. The second-order valence-electron chi connectivity index (χ2n) is 4.16. The molecule has 0 saturated carbocycles. The normalized spacial score (nSPS) is 61.7. The van der Waals surface area contributed by atoms with Crippen molar-refractivity contribution in [1.29, 1.82) is 0 Å². The van der Waals surface area contributed by atoms with Crippen molar-refractivity contribution < 1.29 is 14.3 Å². The second-order valence-corrected chi connectivity index (χ2v) is 4.16. The monoisotopic (exact) mass is 168 g/mol.